The number of halogens is 1. The fourth-order valence-electron chi connectivity index (χ4n) is 2.38. The Morgan fingerprint density at radius 1 is 1.31 bits per heavy atom. The molecule has 0 aliphatic carbocycles. The Morgan fingerprint density at radius 3 is 2.44 bits per heavy atom. The molecule has 1 saturated heterocycles. The standard InChI is InChI=1S/C12H17BrO3/c1-7(2)15-10-8(13)9(14)11(3)5-6-12(10,4)16-11/h7H,5-6H2,1-4H3. The Labute approximate surface area is 104 Å². The Bertz CT molecular complexity index is 374. The van der Waals surface area contributed by atoms with Crippen LogP contribution in [0.3, 0.4) is 0 Å². The highest BCUT2D eigenvalue weighted by Gasteiger charge is 2.57. The van der Waals surface area contributed by atoms with Gasteiger partial charge in [0.05, 0.1) is 6.10 Å². The van der Waals surface area contributed by atoms with Crippen LogP contribution in [0.25, 0.3) is 0 Å². The highest BCUT2D eigenvalue weighted by Crippen LogP contribution is 2.50. The Morgan fingerprint density at radius 2 is 1.88 bits per heavy atom. The molecule has 0 saturated carbocycles. The molecule has 2 aliphatic heterocycles. The largest absolute Gasteiger partial charge is 0.491 e. The summed E-state index contributed by atoms with van der Waals surface area (Å²) < 4.78 is 12.2. The molecule has 2 heterocycles. The van der Waals surface area contributed by atoms with Gasteiger partial charge in [0.2, 0.25) is 5.78 Å². The van der Waals surface area contributed by atoms with Crippen LogP contribution in [0.4, 0.5) is 0 Å². The molecule has 2 aliphatic rings. The fraction of sp³-hybridized carbons (Fsp3) is 0.750. The fourth-order valence-corrected chi connectivity index (χ4v) is 3.31. The lowest BCUT2D eigenvalue weighted by Crippen LogP contribution is -2.45. The van der Waals surface area contributed by atoms with Crippen LogP contribution in [0.5, 0.6) is 0 Å². The molecule has 4 heteroatoms. The van der Waals surface area contributed by atoms with Crippen LogP contribution in [0, 0.1) is 0 Å². The summed E-state index contributed by atoms with van der Waals surface area (Å²) in [5.41, 5.74) is -1.12. The lowest BCUT2D eigenvalue weighted by Gasteiger charge is -2.37. The summed E-state index contributed by atoms with van der Waals surface area (Å²) in [7, 11) is 0. The second-order valence-corrected chi connectivity index (χ2v) is 6.00. The van der Waals surface area contributed by atoms with Gasteiger partial charge < -0.3 is 9.47 Å². The molecule has 0 amide bonds. The van der Waals surface area contributed by atoms with Crippen molar-refractivity contribution in [2.24, 2.45) is 0 Å². The zero-order valence-corrected chi connectivity index (χ0v) is 11.7. The molecular weight excluding hydrogens is 272 g/mol. The van der Waals surface area contributed by atoms with Gasteiger partial charge in [0.1, 0.15) is 21.4 Å². The number of fused-ring (bicyclic) bond motifs is 2. The molecule has 0 aromatic heterocycles. The summed E-state index contributed by atoms with van der Waals surface area (Å²) in [6, 6.07) is 0. The molecule has 3 nitrogen and oxygen atoms in total. The Hall–Kier alpha value is -0.350. The van der Waals surface area contributed by atoms with Crippen molar-refractivity contribution in [2.45, 2.75) is 57.8 Å². The van der Waals surface area contributed by atoms with Crippen molar-refractivity contribution < 1.29 is 14.3 Å². The van der Waals surface area contributed by atoms with Crippen molar-refractivity contribution in [2.75, 3.05) is 0 Å². The number of ketones is 1. The Balaban J connectivity index is 2.45. The minimum atomic E-state index is -0.669. The third-order valence-electron chi connectivity index (χ3n) is 3.24. The highest BCUT2D eigenvalue weighted by atomic mass is 79.9. The quantitative estimate of drug-likeness (QED) is 0.784. The van der Waals surface area contributed by atoms with E-state index in [9.17, 15) is 4.79 Å². The summed E-state index contributed by atoms with van der Waals surface area (Å²) in [6.45, 7) is 7.74. The van der Waals surface area contributed by atoms with Gasteiger partial charge in [0, 0.05) is 0 Å². The first-order chi connectivity index (χ1) is 7.28. The topological polar surface area (TPSA) is 35.5 Å². The predicted octanol–water partition coefficient (Wildman–Crippen LogP) is 2.93. The summed E-state index contributed by atoms with van der Waals surface area (Å²) in [5.74, 6) is 0.653. The van der Waals surface area contributed by atoms with Crippen LogP contribution in [0.2, 0.25) is 0 Å². The van der Waals surface area contributed by atoms with Gasteiger partial charge in [-0.05, 0) is 56.5 Å². The van der Waals surface area contributed by atoms with E-state index in [1.807, 2.05) is 27.7 Å². The van der Waals surface area contributed by atoms with Gasteiger partial charge in [-0.1, -0.05) is 0 Å². The number of hydrogen-bond donors (Lipinski definition) is 0. The molecule has 16 heavy (non-hydrogen) atoms. The van der Waals surface area contributed by atoms with E-state index in [2.05, 4.69) is 15.9 Å². The molecule has 0 N–H and O–H groups in total. The number of carbonyl (C=O) groups is 1. The lowest BCUT2D eigenvalue weighted by molar-refractivity contribution is -0.151. The molecule has 2 rings (SSSR count). The van der Waals surface area contributed by atoms with E-state index in [-0.39, 0.29) is 11.9 Å². The van der Waals surface area contributed by atoms with Crippen LogP contribution in [0.15, 0.2) is 10.2 Å². The van der Waals surface area contributed by atoms with E-state index in [0.29, 0.717) is 10.2 Å². The van der Waals surface area contributed by atoms with E-state index in [4.69, 9.17) is 9.47 Å². The maximum Gasteiger partial charge on any atom is 0.204 e. The summed E-state index contributed by atoms with van der Waals surface area (Å²) in [5, 5.41) is 0. The van der Waals surface area contributed by atoms with E-state index in [0.717, 1.165) is 12.8 Å². The second-order valence-electron chi connectivity index (χ2n) is 5.20. The van der Waals surface area contributed by atoms with E-state index < -0.39 is 11.2 Å². The van der Waals surface area contributed by atoms with Gasteiger partial charge in [0.15, 0.2) is 0 Å². The van der Waals surface area contributed by atoms with Crippen molar-refractivity contribution in [3.63, 3.8) is 0 Å². The minimum absolute atomic E-state index is 0.00174. The summed E-state index contributed by atoms with van der Waals surface area (Å²) in [4.78, 5) is 12.1. The molecule has 2 atom stereocenters. The van der Waals surface area contributed by atoms with Gasteiger partial charge in [-0.2, -0.15) is 0 Å². The predicted molar refractivity (Wildman–Crippen MR) is 64.3 cm³/mol. The van der Waals surface area contributed by atoms with Crippen molar-refractivity contribution in [1.82, 2.24) is 0 Å². The molecule has 1 fully saturated rings. The van der Waals surface area contributed by atoms with Crippen LogP contribution >= 0.6 is 15.9 Å². The number of carbonyl (C=O) groups excluding carboxylic acids is 1. The maximum absolute atomic E-state index is 12.1. The van der Waals surface area contributed by atoms with Gasteiger partial charge in [-0.15, -0.1) is 0 Å². The third kappa shape index (κ3) is 1.63. The first-order valence-electron chi connectivity index (χ1n) is 5.60. The molecule has 90 valence electrons. The number of hydrogen-bond acceptors (Lipinski definition) is 3. The van der Waals surface area contributed by atoms with Crippen molar-refractivity contribution in [1.29, 1.82) is 0 Å². The average Bonchev–Trinajstić information content (AvgIpc) is 2.48. The van der Waals surface area contributed by atoms with Crippen molar-refractivity contribution in [3.8, 4) is 0 Å². The summed E-state index contributed by atoms with van der Waals surface area (Å²) in [6.07, 6.45) is 1.62. The van der Waals surface area contributed by atoms with E-state index >= 15 is 0 Å². The van der Waals surface area contributed by atoms with Gasteiger partial charge >= 0.3 is 0 Å². The maximum atomic E-state index is 12.1. The smallest absolute Gasteiger partial charge is 0.204 e. The first kappa shape index (κ1) is 12.1. The molecule has 2 bridgehead atoms. The van der Waals surface area contributed by atoms with Gasteiger partial charge in [0.25, 0.3) is 0 Å². The highest BCUT2D eigenvalue weighted by molar-refractivity contribution is 9.12. The summed E-state index contributed by atoms with van der Waals surface area (Å²) >= 11 is 3.36. The monoisotopic (exact) mass is 288 g/mol. The van der Waals surface area contributed by atoms with E-state index in [1.54, 1.807) is 0 Å². The number of ether oxygens (including phenoxy) is 2. The zero-order valence-electron chi connectivity index (χ0n) is 10.1. The normalized spacial score (nSPS) is 38.5. The number of rotatable bonds is 2. The van der Waals surface area contributed by atoms with E-state index in [1.165, 1.54) is 0 Å². The van der Waals surface area contributed by atoms with Crippen LogP contribution in [-0.4, -0.2) is 23.1 Å². The molecular formula is C12H17BrO3. The van der Waals surface area contributed by atoms with Crippen LogP contribution < -0.4 is 0 Å². The molecule has 2 unspecified atom stereocenters. The van der Waals surface area contributed by atoms with Crippen molar-refractivity contribution in [3.05, 3.63) is 10.2 Å². The van der Waals surface area contributed by atoms with Crippen LogP contribution in [0.1, 0.15) is 40.5 Å². The van der Waals surface area contributed by atoms with Crippen molar-refractivity contribution >= 4 is 21.7 Å². The molecule has 0 aromatic rings. The first-order valence-corrected chi connectivity index (χ1v) is 6.40. The lowest BCUT2D eigenvalue weighted by atomic mass is 9.98. The van der Waals surface area contributed by atoms with Gasteiger partial charge in [-0.3, -0.25) is 4.79 Å². The SMILES string of the molecule is CC(C)OC1=C(Br)C(=O)C2(C)CCC1(C)O2. The Kier molecular flexibility index (Phi) is 2.70. The number of Topliss-reactive ketones (excluding diaryl/α,β-unsaturated/α-hetero) is 1. The minimum Gasteiger partial charge on any atom is -0.491 e. The third-order valence-corrected chi connectivity index (χ3v) is 3.96. The average molecular weight is 289 g/mol. The zero-order chi connectivity index (χ0) is 12.1. The second kappa shape index (κ2) is 3.57. The molecule has 0 aromatic carbocycles. The van der Waals surface area contributed by atoms with Crippen LogP contribution in [-0.2, 0) is 14.3 Å². The molecule has 0 spiro atoms. The van der Waals surface area contributed by atoms with Gasteiger partial charge in [-0.25, -0.2) is 0 Å². The molecule has 0 radical (unpaired) electrons.